The summed E-state index contributed by atoms with van der Waals surface area (Å²) in [6.45, 7) is 0. The van der Waals surface area contributed by atoms with Crippen molar-refractivity contribution in [2.24, 2.45) is 0 Å². The Kier molecular flexibility index (Phi) is 10.5. The number of amides is 2. The molecule has 0 saturated carbocycles. The van der Waals surface area contributed by atoms with E-state index in [1.54, 1.807) is 45.5 Å². The SMILES string of the molecule is CNC(=O)CCSSSCCC(=O)NC. The predicted molar refractivity (Wildman–Crippen MR) is 69.9 cm³/mol. The summed E-state index contributed by atoms with van der Waals surface area (Å²) in [6.07, 6.45) is 1.09. The third-order valence-electron chi connectivity index (χ3n) is 1.48. The zero-order valence-corrected chi connectivity index (χ0v) is 11.3. The van der Waals surface area contributed by atoms with E-state index in [4.69, 9.17) is 0 Å². The minimum Gasteiger partial charge on any atom is -0.359 e. The predicted octanol–water partition coefficient (Wildman–Crippen LogP) is 1.29. The fourth-order valence-corrected chi connectivity index (χ4v) is 4.31. The molecule has 0 fully saturated rings. The van der Waals surface area contributed by atoms with Crippen LogP contribution in [0.4, 0.5) is 0 Å². The fraction of sp³-hybridized carbons (Fsp3) is 0.750. The van der Waals surface area contributed by atoms with Gasteiger partial charge in [0.1, 0.15) is 0 Å². The molecule has 0 saturated heterocycles. The highest BCUT2D eigenvalue weighted by Gasteiger charge is 2.00. The smallest absolute Gasteiger partial charge is 0.220 e. The monoisotopic (exact) mass is 268 g/mol. The van der Waals surface area contributed by atoms with Crippen LogP contribution in [0.5, 0.6) is 0 Å². The van der Waals surface area contributed by atoms with E-state index in [1.807, 2.05) is 0 Å². The molecule has 4 nitrogen and oxygen atoms in total. The van der Waals surface area contributed by atoms with Crippen LogP contribution in [0.1, 0.15) is 12.8 Å². The summed E-state index contributed by atoms with van der Waals surface area (Å²) in [7, 11) is 8.19. The highest BCUT2D eigenvalue weighted by Crippen LogP contribution is 2.34. The molecule has 15 heavy (non-hydrogen) atoms. The number of hydrogen-bond donors (Lipinski definition) is 2. The molecule has 0 unspecified atom stereocenters. The van der Waals surface area contributed by atoms with E-state index in [0.29, 0.717) is 12.8 Å². The molecule has 0 rings (SSSR count). The Bertz CT molecular complexity index is 182. The Morgan fingerprint density at radius 1 is 0.933 bits per heavy atom. The van der Waals surface area contributed by atoms with Gasteiger partial charge >= 0.3 is 0 Å². The van der Waals surface area contributed by atoms with Crippen molar-refractivity contribution in [3.05, 3.63) is 0 Å². The lowest BCUT2D eigenvalue weighted by Crippen LogP contribution is -2.17. The molecule has 2 amide bonds. The average Bonchev–Trinajstić information content (AvgIpc) is 2.26. The van der Waals surface area contributed by atoms with Gasteiger partial charge in [0.2, 0.25) is 11.8 Å². The summed E-state index contributed by atoms with van der Waals surface area (Å²) in [5, 5.41) is 5.14. The second-order valence-corrected chi connectivity index (χ2v) is 7.03. The topological polar surface area (TPSA) is 58.2 Å². The van der Waals surface area contributed by atoms with Gasteiger partial charge < -0.3 is 10.6 Å². The van der Waals surface area contributed by atoms with Crippen molar-refractivity contribution in [2.45, 2.75) is 12.8 Å². The molecule has 0 aliphatic heterocycles. The van der Waals surface area contributed by atoms with Gasteiger partial charge in [-0.1, -0.05) is 21.6 Å². The summed E-state index contributed by atoms with van der Waals surface area (Å²) < 4.78 is 0. The first kappa shape index (κ1) is 15.0. The summed E-state index contributed by atoms with van der Waals surface area (Å²) >= 11 is 0. The number of rotatable bonds is 8. The van der Waals surface area contributed by atoms with Crippen LogP contribution in [0.2, 0.25) is 0 Å². The Labute approximate surface area is 102 Å². The zero-order valence-electron chi connectivity index (χ0n) is 8.87. The highest BCUT2D eigenvalue weighted by molar-refractivity contribution is 9.09. The number of carbonyl (C=O) groups is 2. The van der Waals surface area contributed by atoms with Crippen molar-refractivity contribution in [3.63, 3.8) is 0 Å². The van der Waals surface area contributed by atoms with Crippen LogP contribution in [0.3, 0.4) is 0 Å². The molecule has 0 atom stereocenters. The van der Waals surface area contributed by atoms with E-state index in [1.165, 1.54) is 0 Å². The fourth-order valence-electron chi connectivity index (χ4n) is 0.621. The van der Waals surface area contributed by atoms with E-state index < -0.39 is 0 Å². The summed E-state index contributed by atoms with van der Waals surface area (Å²) in [5.74, 6) is 1.74. The van der Waals surface area contributed by atoms with Gasteiger partial charge in [-0.3, -0.25) is 9.59 Å². The lowest BCUT2D eigenvalue weighted by atomic mass is 10.5. The molecular formula is C8H16N2O2S3. The Morgan fingerprint density at radius 3 is 1.67 bits per heavy atom. The maximum absolute atomic E-state index is 10.8. The van der Waals surface area contributed by atoms with Crippen molar-refractivity contribution >= 4 is 43.2 Å². The van der Waals surface area contributed by atoms with Gasteiger partial charge in [-0.05, 0) is 9.83 Å². The number of carbonyl (C=O) groups excluding carboxylic acids is 2. The molecule has 0 aromatic heterocycles. The first-order chi connectivity index (χ1) is 7.20. The molecule has 0 bridgehead atoms. The van der Waals surface area contributed by atoms with Gasteiger partial charge in [-0.2, -0.15) is 0 Å². The van der Waals surface area contributed by atoms with Crippen LogP contribution in [0.25, 0.3) is 0 Å². The summed E-state index contributed by atoms with van der Waals surface area (Å²) in [6, 6.07) is 0. The average molecular weight is 268 g/mol. The lowest BCUT2D eigenvalue weighted by Gasteiger charge is -2.00. The standard InChI is InChI=1S/C8H16N2O2S3/c1-9-7(11)3-5-13-15-14-6-4-8(12)10-2/h3-6H2,1-2H3,(H,9,11)(H,10,12). The molecule has 7 heteroatoms. The molecule has 2 N–H and O–H groups in total. The van der Waals surface area contributed by atoms with Gasteiger partial charge in [-0.15, -0.1) is 0 Å². The van der Waals surface area contributed by atoms with Crippen molar-refractivity contribution in [3.8, 4) is 0 Å². The van der Waals surface area contributed by atoms with Crippen LogP contribution in [-0.4, -0.2) is 37.4 Å². The van der Waals surface area contributed by atoms with Gasteiger partial charge in [0.15, 0.2) is 0 Å². The van der Waals surface area contributed by atoms with E-state index in [-0.39, 0.29) is 11.8 Å². The molecule has 0 heterocycles. The molecule has 0 spiro atoms. The second kappa shape index (κ2) is 10.5. The summed E-state index contributed by atoms with van der Waals surface area (Å²) in [4.78, 5) is 21.7. The first-order valence-electron chi connectivity index (χ1n) is 4.53. The molecule has 0 aromatic rings. The third-order valence-corrected chi connectivity index (χ3v) is 5.72. The number of hydrogen-bond acceptors (Lipinski definition) is 5. The molecule has 88 valence electrons. The second-order valence-electron chi connectivity index (χ2n) is 2.56. The molecular weight excluding hydrogens is 252 g/mol. The third kappa shape index (κ3) is 10.3. The zero-order chi connectivity index (χ0) is 11.5. The van der Waals surface area contributed by atoms with Crippen molar-refractivity contribution in [2.75, 3.05) is 25.6 Å². The minimum atomic E-state index is 0.0680. The maximum Gasteiger partial charge on any atom is 0.220 e. The number of nitrogens with one attached hydrogen (secondary N) is 2. The van der Waals surface area contributed by atoms with E-state index in [2.05, 4.69) is 10.6 Å². The normalized spacial score (nSPS) is 9.73. The van der Waals surface area contributed by atoms with E-state index in [9.17, 15) is 9.59 Å². The highest BCUT2D eigenvalue weighted by atomic mass is 33.5. The van der Waals surface area contributed by atoms with E-state index in [0.717, 1.165) is 11.5 Å². The Morgan fingerprint density at radius 2 is 1.33 bits per heavy atom. The van der Waals surface area contributed by atoms with Gasteiger partial charge in [-0.25, -0.2) is 0 Å². The van der Waals surface area contributed by atoms with Crippen LogP contribution in [-0.2, 0) is 9.59 Å². The minimum absolute atomic E-state index is 0.0680. The Hall–Kier alpha value is -0.0100. The van der Waals surface area contributed by atoms with Crippen LogP contribution >= 0.6 is 31.4 Å². The van der Waals surface area contributed by atoms with E-state index >= 15 is 0 Å². The van der Waals surface area contributed by atoms with Crippen LogP contribution < -0.4 is 10.6 Å². The molecule has 0 radical (unpaired) electrons. The quantitative estimate of drug-likeness (QED) is 0.513. The van der Waals surface area contributed by atoms with Crippen molar-refractivity contribution in [1.29, 1.82) is 0 Å². The van der Waals surface area contributed by atoms with Gasteiger partial charge in [0, 0.05) is 38.4 Å². The van der Waals surface area contributed by atoms with Crippen LogP contribution in [0.15, 0.2) is 0 Å². The maximum atomic E-state index is 10.8. The van der Waals surface area contributed by atoms with Crippen molar-refractivity contribution < 1.29 is 9.59 Å². The van der Waals surface area contributed by atoms with Crippen molar-refractivity contribution in [1.82, 2.24) is 10.6 Å². The first-order valence-corrected chi connectivity index (χ1v) is 8.35. The molecule has 0 aromatic carbocycles. The Balaban J connectivity index is 3.11. The van der Waals surface area contributed by atoms with Gasteiger partial charge in [0.05, 0.1) is 0 Å². The molecule has 0 aliphatic carbocycles. The molecule has 0 aliphatic rings. The largest absolute Gasteiger partial charge is 0.359 e. The van der Waals surface area contributed by atoms with Crippen LogP contribution in [0, 0.1) is 0 Å². The lowest BCUT2D eigenvalue weighted by molar-refractivity contribution is -0.121. The summed E-state index contributed by atoms with van der Waals surface area (Å²) in [5.41, 5.74) is 0. The van der Waals surface area contributed by atoms with Gasteiger partial charge in [0.25, 0.3) is 0 Å².